The quantitative estimate of drug-likeness (QED) is 0.559. The molecule has 0 saturated heterocycles. The molecule has 0 aromatic heterocycles. The van der Waals surface area contributed by atoms with Crippen molar-refractivity contribution < 1.29 is 0 Å². The van der Waals surface area contributed by atoms with Gasteiger partial charge < -0.3 is 0 Å². The minimum atomic E-state index is 0.883. The molecule has 0 saturated carbocycles. The molecule has 3 aromatic carbocycles. The van der Waals surface area contributed by atoms with Crippen LogP contribution in [0.5, 0.6) is 0 Å². The van der Waals surface area contributed by atoms with E-state index in [0.717, 1.165) is 36.6 Å². The molecule has 22 heavy (non-hydrogen) atoms. The Morgan fingerprint density at radius 2 is 1.64 bits per heavy atom. The number of fused-ring (bicyclic) bond motifs is 3. The van der Waals surface area contributed by atoms with E-state index in [2.05, 4.69) is 62.4 Å². The Labute approximate surface area is 132 Å². The summed E-state index contributed by atoms with van der Waals surface area (Å²) in [6.45, 7) is 4.39. The fourth-order valence-electron chi connectivity index (χ4n) is 3.41. The first-order valence-corrected chi connectivity index (χ1v) is 8.16. The Hall–Kier alpha value is -2.33. The average molecular weight is 287 g/mol. The van der Waals surface area contributed by atoms with Crippen LogP contribution in [-0.2, 0) is 12.8 Å². The van der Waals surface area contributed by atoms with Gasteiger partial charge in [-0.05, 0) is 40.1 Å². The van der Waals surface area contributed by atoms with Crippen LogP contribution in [0.3, 0.4) is 0 Å². The van der Waals surface area contributed by atoms with E-state index < -0.39 is 0 Å². The van der Waals surface area contributed by atoms with E-state index in [4.69, 9.17) is 0 Å². The van der Waals surface area contributed by atoms with Crippen LogP contribution in [0.25, 0.3) is 21.5 Å². The second kappa shape index (κ2) is 6.20. The monoisotopic (exact) mass is 287 g/mol. The van der Waals surface area contributed by atoms with Crippen molar-refractivity contribution in [1.82, 2.24) is 0 Å². The predicted molar refractivity (Wildman–Crippen MR) is 94.2 cm³/mol. The van der Waals surface area contributed by atoms with Crippen LogP contribution in [0.4, 0.5) is 0 Å². The van der Waals surface area contributed by atoms with E-state index in [1.54, 1.807) is 0 Å². The van der Waals surface area contributed by atoms with Crippen LogP contribution in [0.1, 0.15) is 43.4 Å². The summed E-state index contributed by atoms with van der Waals surface area (Å²) in [6, 6.07) is 17.5. The van der Waals surface area contributed by atoms with Crippen LogP contribution >= 0.6 is 0 Å². The Morgan fingerprint density at radius 1 is 0.864 bits per heavy atom. The molecule has 0 radical (unpaired) electrons. The third-order valence-electron chi connectivity index (χ3n) is 4.38. The Balaban J connectivity index is 2.43. The molecule has 110 valence electrons. The van der Waals surface area contributed by atoms with Gasteiger partial charge in [0.05, 0.1) is 5.56 Å². The highest BCUT2D eigenvalue weighted by Crippen LogP contribution is 2.32. The third-order valence-corrected chi connectivity index (χ3v) is 4.38. The zero-order valence-corrected chi connectivity index (χ0v) is 13.3. The van der Waals surface area contributed by atoms with Gasteiger partial charge in [-0.15, -0.1) is 0 Å². The van der Waals surface area contributed by atoms with Crippen LogP contribution in [0.15, 0.2) is 42.5 Å². The highest BCUT2D eigenvalue weighted by atomic mass is 14.3. The summed E-state index contributed by atoms with van der Waals surface area (Å²) in [7, 11) is 0. The van der Waals surface area contributed by atoms with Crippen molar-refractivity contribution in [3.05, 3.63) is 59.2 Å². The second-order valence-corrected chi connectivity index (χ2v) is 5.88. The van der Waals surface area contributed by atoms with Gasteiger partial charge in [0.15, 0.2) is 0 Å². The summed E-state index contributed by atoms with van der Waals surface area (Å²) in [5.41, 5.74) is 3.49. The number of hydrogen-bond acceptors (Lipinski definition) is 1. The van der Waals surface area contributed by atoms with Gasteiger partial charge in [0.2, 0.25) is 0 Å². The highest BCUT2D eigenvalue weighted by molar-refractivity contribution is 6.09. The van der Waals surface area contributed by atoms with E-state index in [1.807, 2.05) is 0 Å². The lowest BCUT2D eigenvalue weighted by Gasteiger charge is -2.15. The first kappa shape index (κ1) is 14.6. The molecule has 3 rings (SSSR count). The van der Waals surface area contributed by atoms with Crippen molar-refractivity contribution in [3.8, 4) is 6.07 Å². The Bertz CT molecular complexity index is 868. The van der Waals surface area contributed by atoms with Gasteiger partial charge in [-0.2, -0.15) is 5.26 Å². The molecule has 3 aromatic rings. The summed E-state index contributed by atoms with van der Waals surface area (Å²) in [5, 5.41) is 14.6. The summed E-state index contributed by atoms with van der Waals surface area (Å²) < 4.78 is 0. The van der Waals surface area contributed by atoms with Gasteiger partial charge in [0.1, 0.15) is 6.07 Å². The first-order chi connectivity index (χ1) is 10.8. The molecule has 0 heterocycles. The summed E-state index contributed by atoms with van der Waals surface area (Å²) in [6.07, 6.45) is 4.21. The number of rotatable bonds is 4. The molecular formula is C21H21N. The summed E-state index contributed by atoms with van der Waals surface area (Å²) >= 11 is 0. The normalized spacial score (nSPS) is 11.0. The molecule has 0 bridgehead atoms. The SMILES string of the molecule is CCCc1cc2c(ccc3ccccc32)c(C#N)c1CCC. The molecule has 0 unspecified atom stereocenters. The van der Waals surface area contributed by atoms with Gasteiger partial charge in [-0.25, -0.2) is 0 Å². The average Bonchev–Trinajstić information content (AvgIpc) is 2.55. The van der Waals surface area contributed by atoms with Gasteiger partial charge in [0, 0.05) is 5.39 Å². The largest absolute Gasteiger partial charge is 0.192 e. The van der Waals surface area contributed by atoms with Crippen LogP contribution < -0.4 is 0 Å². The maximum atomic E-state index is 9.76. The van der Waals surface area contributed by atoms with Crippen LogP contribution in [0.2, 0.25) is 0 Å². The molecule has 0 aliphatic carbocycles. The fourth-order valence-corrected chi connectivity index (χ4v) is 3.41. The number of aryl methyl sites for hydroxylation is 1. The van der Waals surface area contributed by atoms with Crippen molar-refractivity contribution in [2.75, 3.05) is 0 Å². The molecule has 0 atom stereocenters. The zero-order valence-electron chi connectivity index (χ0n) is 13.3. The summed E-state index contributed by atoms with van der Waals surface area (Å²) in [4.78, 5) is 0. The van der Waals surface area contributed by atoms with E-state index in [1.165, 1.54) is 27.3 Å². The lowest BCUT2D eigenvalue weighted by Crippen LogP contribution is -2.00. The number of nitrogens with zero attached hydrogens (tertiary/aromatic N) is 1. The predicted octanol–water partition coefficient (Wildman–Crippen LogP) is 5.77. The summed E-state index contributed by atoms with van der Waals surface area (Å²) in [5.74, 6) is 0. The van der Waals surface area contributed by atoms with E-state index in [9.17, 15) is 5.26 Å². The van der Waals surface area contributed by atoms with E-state index >= 15 is 0 Å². The van der Waals surface area contributed by atoms with E-state index in [-0.39, 0.29) is 0 Å². The number of benzene rings is 3. The number of hydrogen-bond donors (Lipinski definition) is 0. The lowest BCUT2D eigenvalue weighted by molar-refractivity contribution is 0.861. The second-order valence-electron chi connectivity index (χ2n) is 5.88. The topological polar surface area (TPSA) is 23.8 Å². The molecule has 0 aliphatic rings. The molecule has 1 nitrogen and oxygen atoms in total. The number of nitriles is 1. The van der Waals surface area contributed by atoms with Gasteiger partial charge in [0.25, 0.3) is 0 Å². The first-order valence-electron chi connectivity index (χ1n) is 8.16. The molecule has 1 heteroatoms. The highest BCUT2D eigenvalue weighted by Gasteiger charge is 2.13. The minimum absolute atomic E-state index is 0.883. The van der Waals surface area contributed by atoms with Crippen LogP contribution in [0, 0.1) is 11.3 Å². The fraction of sp³-hybridized carbons (Fsp3) is 0.286. The van der Waals surface area contributed by atoms with Gasteiger partial charge >= 0.3 is 0 Å². The van der Waals surface area contributed by atoms with Gasteiger partial charge in [-0.1, -0.05) is 69.2 Å². The molecule has 0 fully saturated rings. The zero-order chi connectivity index (χ0) is 15.5. The van der Waals surface area contributed by atoms with E-state index in [0.29, 0.717) is 0 Å². The lowest BCUT2D eigenvalue weighted by atomic mass is 9.88. The Morgan fingerprint density at radius 3 is 2.36 bits per heavy atom. The Kier molecular flexibility index (Phi) is 4.11. The maximum Gasteiger partial charge on any atom is 0.100 e. The molecule has 0 amide bonds. The molecular weight excluding hydrogens is 266 g/mol. The van der Waals surface area contributed by atoms with Crippen LogP contribution in [-0.4, -0.2) is 0 Å². The minimum Gasteiger partial charge on any atom is -0.192 e. The standard InChI is InChI=1S/C21H21N/c1-3-7-16-13-20-18-10-6-5-9-15(18)11-12-19(20)21(14-22)17(16)8-4-2/h5-6,9-13H,3-4,7-8H2,1-2H3. The van der Waals surface area contributed by atoms with Crippen molar-refractivity contribution >= 4 is 21.5 Å². The van der Waals surface area contributed by atoms with Crippen molar-refractivity contribution in [3.63, 3.8) is 0 Å². The van der Waals surface area contributed by atoms with Crippen molar-refractivity contribution in [2.45, 2.75) is 39.5 Å². The molecule has 0 aliphatic heterocycles. The van der Waals surface area contributed by atoms with Crippen molar-refractivity contribution in [1.29, 1.82) is 5.26 Å². The smallest absolute Gasteiger partial charge is 0.100 e. The van der Waals surface area contributed by atoms with Gasteiger partial charge in [-0.3, -0.25) is 0 Å². The molecule has 0 spiro atoms. The third kappa shape index (κ3) is 2.35. The maximum absolute atomic E-state index is 9.76. The molecule has 0 N–H and O–H groups in total. The van der Waals surface area contributed by atoms with Crippen molar-refractivity contribution in [2.24, 2.45) is 0 Å².